The lowest BCUT2D eigenvalue weighted by Gasteiger charge is -2.09. The largest absolute Gasteiger partial charge is 0.549 e. The maximum absolute atomic E-state index is 11.9. The topological polar surface area (TPSA) is 129 Å². The molecule has 0 heterocycles. The van der Waals surface area contributed by atoms with E-state index in [1.165, 1.54) is 23.9 Å². The number of nitrogens with one attached hydrogen (secondary N) is 1. The number of carbonyl (C=O) groups excluding carboxylic acids is 1. The Morgan fingerprint density at radius 3 is 2.55 bits per heavy atom. The van der Waals surface area contributed by atoms with E-state index in [0.29, 0.717) is 16.6 Å². The molecule has 0 fully saturated rings. The Kier molecular flexibility index (Phi) is 6.33. The number of sulfonamides is 1. The predicted octanol–water partition coefficient (Wildman–Crippen LogP) is 0.371. The zero-order valence-electron chi connectivity index (χ0n) is 11.9. The molecule has 0 saturated heterocycles. The molecule has 0 bridgehead atoms. The minimum absolute atomic E-state index is 0.317. The van der Waals surface area contributed by atoms with Gasteiger partial charge in [-0.1, -0.05) is 13.8 Å². The van der Waals surface area contributed by atoms with E-state index >= 15 is 0 Å². The fourth-order valence-electron chi connectivity index (χ4n) is 1.42. The Hall–Kier alpha value is -1.65. The van der Waals surface area contributed by atoms with E-state index in [2.05, 4.69) is 0 Å². The molecule has 0 atom stereocenters. The van der Waals surface area contributed by atoms with Crippen LogP contribution in [-0.2, 0) is 14.8 Å². The Labute approximate surface area is 132 Å². The first-order chi connectivity index (χ1) is 10.1. The van der Waals surface area contributed by atoms with Gasteiger partial charge in [0.15, 0.2) is 0 Å². The van der Waals surface area contributed by atoms with Gasteiger partial charge >= 0.3 is 0 Å². The number of aliphatic carboxylic acids is 1. The van der Waals surface area contributed by atoms with Gasteiger partial charge in [0, 0.05) is 11.8 Å². The lowest BCUT2D eigenvalue weighted by molar-refractivity contribution is -0.388. The van der Waals surface area contributed by atoms with Crippen LogP contribution in [0.5, 0.6) is 0 Å². The van der Waals surface area contributed by atoms with Crippen LogP contribution in [0.3, 0.4) is 0 Å². The van der Waals surface area contributed by atoms with Crippen LogP contribution in [0.1, 0.15) is 13.8 Å². The molecular formula is C12H15N2O6S2-. The maximum atomic E-state index is 11.9. The van der Waals surface area contributed by atoms with Crippen molar-refractivity contribution < 1.29 is 23.2 Å². The molecule has 1 aromatic carbocycles. The van der Waals surface area contributed by atoms with E-state index in [0.717, 1.165) is 6.07 Å². The zero-order valence-corrected chi connectivity index (χ0v) is 13.6. The van der Waals surface area contributed by atoms with E-state index in [1.807, 2.05) is 13.8 Å². The lowest BCUT2D eigenvalue weighted by Crippen LogP contribution is -2.37. The van der Waals surface area contributed by atoms with Crippen LogP contribution in [-0.4, -0.2) is 31.6 Å². The number of carboxylic acids is 1. The second-order valence-electron chi connectivity index (χ2n) is 4.79. The van der Waals surface area contributed by atoms with Crippen molar-refractivity contribution >= 4 is 33.4 Å². The van der Waals surface area contributed by atoms with Crippen molar-refractivity contribution in [2.75, 3.05) is 12.3 Å². The summed E-state index contributed by atoms with van der Waals surface area (Å²) in [5.74, 6) is -0.629. The Balaban J connectivity index is 3.11. The third-order valence-electron chi connectivity index (χ3n) is 2.42. The molecule has 0 saturated carbocycles. The summed E-state index contributed by atoms with van der Waals surface area (Å²) in [6.07, 6.45) is 0. The molecule has 0 aromatic heterocycles. The minimum Gasteiger partial charge on any atom is -0.549 e. The molecule has 1 aromatic rings. The van der Waals surface area contributed by atoms with Crippen molar-refractivity contribution in [3.63, 3.8) is 0 Å². The van der Waals surface area contributed by atoms with Gasteiger partial charge in [0.25, 0.3) is 5.69 Å². The number of nitrogens with zero attached hydrogens (tertiary/aromatic N) is 1. The Morgan fingerprint density at radius 1 is 1.41 bits per heavy atom. The fraction of sp³-hybridized carbons (Fsp3) is 0.417. The Bertz CT molecular complexity index is 672. The van der Waals surface area contributed by atoms with Crippen LogP contribution < -0.4 is 9.83 Å². The van der Waals surface area contributed by atoms with Gasteiger partial charge in [-0.05, 0) is 18.1 Å². The van der Waals surface area contributed by atoms with Gasteiger partial charge in [0.05, 0.1) is 27.2 Å². The first-order valence-electron chi connectivity index (χ1n) is 6.24. The molecule has 0 aliphatic rings. The average molecular weight is 347 g/mol. The van der Waals surface area contributed by atoms with Crippen molar-refractivity contribution in [3.8, 4) is 0 Å². The number of carboxylic acid groups (broad SMARTS) is 1. The molecule has 0 spiro atoms. The molecule has 1 N–H and O–H groups in total. The first-order valence-corrected chi connectivity index (χ1v) is 8.71. The summed E-state index contributed by atoms with van der Waals surface area (Å²) in [4.78, 5) is 20.7. The van der Waals surface area contributed by atoms with E-state index in [-0.39, 0.29) is 10.6 Å². The second kappa shape index (κ2) is 7.56. The van der Waals surface area contributed by atoms with Crippen molar-refractivity contribution in [3.05, 3.63) is 28.3 Å². The molecule has 0 unspecified atom stereocenters. The third kappa shape index (κ3) is 5.28. The molecule has 0 aliphatic heterocycles. The summed E-state index contributed by atoms with van der Waals surface area (Å²) < 4.78 is 25.5. The maximum Gasteiger partial charge on any atom is 0.284 e. The SMILES string of the molecule is CC(C)CSc1ccc(S(=O)(=O)NCC(=O)[O-])cc1[N+](=O)[O-]. The van der Waals surface area contributed by atoms with Crippen LogP contribution in [0.15, 0.2) is 28.0 Å². The smallest absolute Gasteiger partial charge is 0.284 e. The lowest BCUT2D eigenvalue weighted by atomic mass is 10.3. The molecular weight excluding hydrogens is 332 g/mol. The molecule has 8 nitrogen and oxygen atoms in total. The van der Waals surface area contributed by atoms with E-state index in [1.54, 1.807) is 4.72 Å². The first kappa shape index (κ1) is 18.4. The van der Waals surface area contributed by atoms with Crippen LogP contribution in [0.4, 0.5) is 5.69 Å². The fourth-order valence-corrected chi connectivity index (χ4v) is 3.37. The molecule has 0 aliphatic carbocycles. The number of nitro groups is 1. The van der Waals surface area contributed by atoms with Crippen molar-refractivity contribution in [2.45, 2.75) is 23.6 Å². The zero-order chi connectivity index (χ0) is 16.9. The van der Waals surface area contributed by atoms with Gasteiger partial charge in [0.2, 0.25) is 10.0 Å². The van der Waals surface area contributed by atoms with Gasteiger partial charge in [0.1, 0.15) is 0 Å². The summed E-state index contributed by atoms with van der Waals surface area (Å²) >= 11 is 1.26. The highest BCUT2D eigenvalue weighted by atomic mass is 32.2. The summed E-state index contributed by atoms with van der Waals surface area (Å²) in [6, 6.07) is 3.46. The number of hydrogen-bond acceptors (Lipinski definition) is 7. The van der Waals surface area contributed by atoms with Crippen LogP contribution in [0, 0.1) is 16.0 Å². The Morgan fingerprint density at radius 2 is 2.05 bits per heavy atom. The van der Waals surface area contributed by atoms with E-state index in [9.17, 15) is 28.4 Å². The standard InChI is InChI=1S/C12H16N2O6S2/c1-8(2)7-21-11-4-3-9(5-10(11)14(17)18)22(19,20)13-6-12(15)16/h3-5,8,13H,6-7H2,1-2H3,(H,15,16)/p-1. The summed E-state index contributed by atoms with van der Waals surface area (Å²) in [5, 5.41) is 21.4. The highest BCUT2D eigenvalue weighted by molar-refractivity contribution is 7.99. The molecule has 1 rings (SSSR count). The summed E-state index contributed by atoms with van der Waals surface area (Å²) in [5.41, 5.74) is -0.332. The van der Waals surface area contributed by atoms with Crippen molar-refractivity contribution in [2.24, 2.45) is 5.92 Å². The summed E-state index contributed by atoms with van der Waals surface area (Å²) in [6.45, 7) is 3.02. The number of carbonyl (C=O) groups is 1. The van der Waals surface area contributed by atoms with E-state index < -0.39 is 27.5 Å². The number of benzene rings is 1. The highest BCUT2D eigenvalue weighted by Gasteiger charge is 2.21. The molecule has 10 heteroatoms. The highest BCUT2D eigenvalue weighted by Crippen LogP contribution is 2.32. The van der Waals surface area contributed by atoms with Crippen LogP contribution in [0.25, 0.3) is 0 Å². The predicted molar refractivity (Wildman–Crippen MR) is 78.9 cm³/mol. The van der Waals surface area contributed by atoms with E-state index in [4.69, 9.17) is 0 Å². The number of thioether (sulfide) groups is 1. The number of hydrogen-bond donors (Lipinski definition) is 1. The van der Waals surface area contributed by atoms with Crippen LogP contribution >= 0.6 is 11.8 Å². The van der Waals surface area contributed by atoms with Gasteiger partial charge in [-0.2, -0.15) is 0 Å². The number of nitro benzene ring substituents is 1. The normalized spacial score (nSPS) is 11.6. The van der Waals surface area contributed by atoms with Gasteiger partial charge < -0.3 is 9.90 Å². The van der Waals surface area contributed by atoms with Crippen LogP contribution in [0.2, 0.25) is 0 Å². The third-order valence-corrected chi connectivity index (χ3v) is 5.30. The molecule has 122 valence electrons. The van der Waals surface area contributed by atoms with Gasteiger partial charge in [-0.3, -0.25) is 10.1 Å². The van der Waals surface area contributed by atoms with Crippen molar-refractivity contribution in [1.82, 2.24) is 4.72 Å². The minimum atomic E-state index is -4.14. The molecule has 0 radical (unpaired) electrons. The van der Waals surface area contributed by atoms with Crippen molar-refractivity contribution in [1.29, 1.82) is 0 Å². The number of rotatable bonds is 8. The average Bonchev–Trinajstić information content (AvgIpc) is 2.42. The van der Waals surface area contributed by atoms with Gasteiger partial charge in [-0.15, -0.1) is 11.8 Å². The quantitative estimate of drug-likeness (QED) is 0.408. The summed E-state index contributed by atoms with van der Waals surface area (Å²) in [7, 11) is -4.14. The molecule has 0 amide bonds. The second-order valence-corrected chi connectivity index (χ2v) is 7.62. The van der Waals surface area contributed by atoms with Gasteiger partial charge in [-0.25, -0.2) is 13.1 Å². The molecule has 22 heavy (non-hydrogen) atoms. The monoisotopic (exact) mass is 347 g/mol.